The van der Waals surface area contributed by atoms with Crippen molar-refractivity contribution in [1.29, 1.82) is 0 Å². The molecule has 1 aromatic carbocycles. The molecule has 0 saturated carbocycles. The van der Waals surface area contributed by atoms with Gasteiger partial charge in [0.25, 0.3) is 11.8 Å². The predicted octanol–water partition coefficient (Wildman–Crippen LogP) is 2.22. The van der Waals surface area contributed by atoms with Crippen molar-refractivity contribution in [2.75, 3.05) is 20.1 Å². The molecule has 1 aliphatic heterocycles. The van der Waals surface area contributed by atoms with Gasteiger partial charge in [-0.1, -0.05) is 36.8 Å². The zero-order valence-corrected chi connectivity index (χ0v) is 18.7. The first kappa shape index (κ1) is 22.5. The molecule has 1 N–H and O–H groups in total. The second-order valence-electron chi connectivity index (χ2n) is 8.25. The number of hydrogen-bond acceptors (Lipinski definition) is 4. The number of fused-ring (bicyclic) bond motifs is 1. The molecule has 8 heteroatoms. The Bertz CT molecular complexity index is 968. The normalized spacial score (nSPS) is 14.6. The first-order valence-electron chi connectivity index (χ1n) is 10.8. The van der Waals surface area contributed by atoms with Crippen LogP contribution in [0.5, 0.6) is 0 Å². The van der Waals surface area contributed by atoms with Crippen molar-refractivity contribution in [2.45, 2.75) is 52.7 Å². The molecule has 0 fully saturated rings. The lowest BCUT2D eigenvalue weighted by Gasteiger charge is -2.20. The molecule has 0 saturated heterocycles. The van der Waals surface area contributed by atoms with Crippen molar-refractivity contribution in [2.24, 2.45) is 0 Å². The van der Waals surface area contributed by atoms with Gasteiger partial charge in [0.2, 0.25) is 5.91 Å². The van der Waals surface area contributed by atoms with E-state index < -0.39 is 0 Å². The van der Waals surface area contributed by atoms with Crippen molar-refractivity contribution in [3.05, 3.63) is 52.8 Å². The zero-order chi connectivity index (χ0) is 22.5. The fraction of sp³-hybridized carbons (Fsp3) is 0.478. The highest BCUT2D eigenvalue weighted by Gasteiger charge is 2.27. The third kappa shape index (κ3) is 5.51. The molecule has 0 spiro atoms. The van der Waals surface area contributed by atoms with Crippen molar-refractivity contribution in [1.82, 2.24) is 24.9 Å². The maximum absolute atomic E-state index is 13.1. The van der Waals surface area contributed by atoms with E-state index in [1.807, 2.05) is 39.0 Å². The van der Waals surface area contributed by atoms with E-state index in [9.17, 15) is 14.4 Å². The molecule has 2 aromatic rings. The first-order valence-corrected chi connectivity index (χ1v) is 10.8. The molecule has 166 valence electrons. The van der Waals surface area contributed by atoms with Gasteiger partial charge in [-0.15, -0.1) is 0 Å². The van der Waals surface area contributed by atoms with Crippen LogP contribution in [0.4, 0.5) is 0 Å². The molecule has 31 heavy (non-hydrogen) atoms. The van der Waals surface area contributed by atoms with E-state index in [0.717, 1.165) is 24.0 Å². The van der Waals surface area contributed by atoms with Gasteiger partial charge in [0.15, 0.2) is 5.69 Å². The average Bonchev–Trinajstić information content (AvgIpc) is 3.10. The second-order valence-corrected chi connectivity index (χ2v) is 8.25. The summed E-state index contributed by atoms with van der Waals surface area (Å²) in [7, 11) is 1.56. The Labute approximate surface area is 183 Å². The van der Waals surface area contributed by atoms with E-state index in [-0.39, 0.29) is 36.0 Å². The highest BCUT2D eigenvalue weighted by Crippen LogP contribution is 2.18. The standard InChI is InChI=1S/C23H31N5O3/c1-5-17(3)24-21(29)15-26(4)22(30)19-13-20-23(31)27(10-7-11-28(20)25-19)14-18-9-6-8-16(2)12-18/h6,8-9,12-13,17H,5,7,10-11,14-15H2,1-4H3,(H,24,29). The molecule has 1 unspecified atom stereocenters. The number of carbonyl (C=O) groups is 3. The predicted molar refractivity (Wildman–Crippen MR) is 118 cm³/mol. The lowest BCUT2D eigenvalue weighted by atomic mass is 10.1. The largest absolute Gasteiger partial charge is 0.352 e. The molecule has 1 aromatic heterocycles. The molecule has 1 atom stereocenters. The van der Waals surface area contributed by atoms with Gasteiger partial charge in [0.1, 0.15) is 5.69 Å². The van der Waals surface area contributed by atoms with E-state index in [1.165, 1.54) is 4.90 Å². The Hall–Kier alpha value is -3.16. The number of benzene rings is 1. The highest BCUT2D eigenvalue weighted by molar-refractivity contribution is 5.99. The monoisotopic (exact) mass is 425 g/mol. The fourth-order valence-corrected chi connectivity index (χ4v) is 3.63. The van der Waals surface area contributed by atoms with E-state index in [0.29, 0.717) is 25.3 Å². The van der Waals surface area contributed by atoms with Crippen LogP contribution < -0.4 is 5.32 Å². The fourth-order valence-electron chi connectivity index (χ4n) is 3.63. The third-order valence-corrected chi connectivity index (χ3v) is 5.51. The summed E-state index contributed by atoms with van der Waals surface area (Å²) in [5, 5.41) is 7.21. The Morgan fingerprint density at radius 2 is 2.03 bits per heavy atom. The maximum Gasteiger partial charge on any atom is 0.274 e. The Kier molecular flexibility index (Phi) is 7.09. The molecule has 2 heterocycles. The smallest absolute Gasteiger partial charge is 0.274 e. The summed E-state index contributed by atoms with van der Waals surface area (Å²) in [4.78, 5) is 41.2. The van der Waals surface area contributed by atoms with Crippen LogP contribution in [-0.4, -0.2) is 63.5 Å². The Balaban J connectivity index is 1.71. The average molecular weight is 426 g/mol. The van der Waals surface area contributed by atoms with Gasteiger partial charge in [0, 0.05) is 38.8 Å². The molecular weight excluding hydrogens is 394 g/mol. The second kappa shape index (κ2) is 9.76. The summed E-state index contributed by atoms with van der Waals surface area (Å²) in [5.74, 6) is -0.730. The number of nitrogens with one attached hydrogen (secondary N) is 1. The molecular formula is C23H31N5O3. The summed E-state index contributed by atoms with van der Waals surface area (Å²) in [5.41, 5.74) is 2.81. The van der Waals surface area contributed by atoms with Crippen LogP contribution in [-0.2, 0) is 17.9 Å². The van der Waals surface area contributed by atoms with Gasteiger partial charge in [-0.25, -0.2) is 0 Å². The van der Waals surface area contributed by atoms with Crippen LogP contribution >= 0.6 is 0 Å². The lowest BCUT2D eigenvalue weighted by Crippen LogP contribution is -2.41. The molecule has 0 radical (unpaired) electrons. The maximum atomic E-state index is 13.1. The minimum Gasteiger partial charge on any atom is -0.352 e. The van der Waals surface area contributed by atoms with E-state index in [4.69, 9.17) is 0 Å². The van der Waals surface area contributed by atoms with Crippen molar-refractivity contribution in [3.8, 4) is 0 Å². The third-order valence-electron chi connectivity index (χ3n) is 5.51. The van der Waals surface area contributed by atoms with Gasteiger partial charge in [-0.3, -0.25) is 19.1 Å². The number of hydrogen-bond donors (Lipinski definition) is 1. The SMILES string of the molecule is CCC(C)NC(=O)CN(C)C(=O)c1cc2n(n1)CCCN(Cc1cccc(C)c1)C2=O. The molecule has 1 aliphatic rings. The minimum absolute atomic E-state index is 0.0525. The number of aryl methyl sites for hydroxylation is 2. The van der Waals surface area contributed by atoms with E-state index in [2.05, 4.69) is 16.5 Å². The lowest BCUT2D eigenvalue weighted by molar-refractivity contribution is -0.122. The van der Waals surface area contributed by atoms with Crippen LogP contribution in [0, 0.1) is 6.92 Å². The van der Waals surface area contributed by atoms with Gasteiger partial charge < -0.3 is 15.1 Å². The summed E-state index contributed by atoms with van der Waals surface area (Å²) in [6.45, 7) is 7.59. The van der Waals surface area contributed by atoms with Crippen LogP contribution in [0.1, 0.15) is 58.8 Å². The number of likely N-dealkylation sites (N-methyl/N-ethyl adjacent to an activating group) is 1. The molecule has 0 bridgehead atoms. The van der Waals surface area contributed by atoms with Crippen LogP contribution in [0.2, 0.25) is 0 Å². The van der Waals surface area contributed by atoms with Crippen LogP contribution in [0.3, 0.4) is 0 Å². The molecule has 8 nitrogen and oxygen atoms in total. The van der Waals surface area contributed by atoms with Crippen LogP contribution in [0.15, 0.2) is 30.3 Å². The van der Waals surface area contributed by atoms with Crippen LogP contribution in [0.25, 0.3) is 0 Å². The van der Waals surface area contributed by atoms with Gasteiger partial charge >= 0.3 is 0 Å². The quantitative estimate of drug-likeness (QED) is 0.737. The van der Waals surface area contributed by atoms with Crippen molar-refractivity contribution in [3.63, 3.8) is 0 Å². The zero-order valence-electron chi connectivity index (χ0n) is 18.7. The molecule has 3 amide bonds. The summed E-state index contributed by atoms with van der Waals surface area (Å²) < 4.78 is 1.61. The summed E-state index contributed by atoms with van der Waals surface area (Å²) >= 11 is 0. The number of rotatable bonds is 7. The van der Waals surface area contributed by atoms with E-state index in [1.54, 1.807) is 22.7 Å². The molecule has 0 aliphatic carbocycles. The van der Waals surface area contributed by atoms with Gasteiger partial charge in [0.05, 0.1) is 6.54 Å². The van der Waals surface area contributed by atoms with Gasteiger partial charge in [-0.2, -0.15) is 5.10 Å². The topological polar surface area (TPSA) is 87.5 Å². The summed E-state index contributed by atoms with van der Waals surface area (Å²) in [6.07, 6.45) is 1.57. The number of amides is 3. The summed E-state index contributed by atoms with van der Waals surface area (Å²) in [6, 6.07) is 9.70. The van der Waals surface area contributed by atoms with Crippen molar-refractivity contribution >= 4 is 17.7 Å². The van der Waals surface area contributed by atoms with Gasteiger partial charge in [-0.05, 0) is 32.3 Å². The molecule has 3 rings (SSSR count). The Morgan fingerprint density at radius 1 is 1.26 bits per heavy atom. The highest BCUT2D eigenvalue weighted by atomic mass is 16.2. The number of nitrogens with zero attached hydrogens (tertiary/aromatic N) is 4. The van der Waals surface area contributed by atoms with Crippen molar-refractivity contribution < 1.29 is 14.4 Å². The number of aromatic nitrogens is 2. The Morgan fingerprint density at radius 3 is 2.74 bits per heavy atom. The minimum atomic E-state index is -0.377. The first-order chi connectivity index (χ1) is 14.8. The van der Waals surface area contributed by atoms with E-state index >= 15 is 0 Å². The number of carbonyl (C=O) groups excluding carboxylic acids is 3.